The molecule has 1 saturated heterocycles. The molecule has 2 rings (SSSR count). The Morgan fingerprint density at radius 3 is 2.62 bits per heavy atom. The number of nitrogens with zero attached hydrogens (tertiary/aromatic N) is 2. The van der Waals surface area contributed by atoms with Gasteiger partial charge in [-0.25, -0.2) is 4.98 Å². The van der Waals surface area contributed by atoms with Crippen molar-refractivity contribution in [2.24, 2.45) is 0 Å². The van der Waals surface area contributed by atoms with Crippen LogP contribution >= 0.6 is 12.2 Å². The Morgan fingerprint density at radius 2 is 2.08 bits per heavy atom. The van der Waals surface area contributed by atoms with Gasteiger partial charge >= 0.3 is 0 Å². The van der Waals surface area contributed by atoms with Gasteiger partial charge in [0.1, 0.15) is 5.82 Å². The Balaban J connectivity index is 2.06. The number of hydrogen-bond donors (Lipinski definition) is 2. The Morgan fingerprint density at radius 1 is 1.38 bits per heavy atom. The minimum Gasteiger partial charge on any atom is -0.306 e. The standard InChI is InChI=1S/C8H14N4S/c1-12-4-2-6(3-5-12)7-9-8(13)11-10-7/h6H,2-5H2,1H3,(H2,9,10,11,13). The van der Waals surface area contributed by atoms with Gasteiger partial charge in [-0.2, -0.15) is 0 Å². The summed E-state index contributed by atoms with van der Waals surface area (Å²) in [7, 11) is 2.16. The summed E-state index contributed by atoms with van der Waals surface area (Å²) in [6.07, 6.45) is 2.35. The monoisotopic (exact) mass is 198 g/mol. The molecule has 0 amide bonds. The zero-order chi connectivity index (χ0) is 9.26. The van der Waals surface area contributed by atoms with Gasteiger partial charge in [0.25, 0.3) is 0 Å². The molecule has 0 saturated carbocycles. The van der Waals surface area contributed by atoms with Gasteiger partial charge in [0, 0.05) is 5.92 Å². The van der Waals surface area contributed by atoms with Gasteiger partial charge in [0.15, 0.2) is 0 Å². The first kappa shape index (κ1) is 8.90. The highest BCUT2D eigenvalue weighted by Crippen LogP contribution is 2.23. The summed E-state index contributed by atoms with van der Waals surface area (Å²) < 4.78 is 0.564. The van der Waals surface area contributed by atoms with Crippen LogP contribution in [0.5, 0.6) is 0 Å². The fraction of sp³-hybridized carbons (Fsp3) is 0.750. The summed E-state index contributed by atoms with van der Waals surface area (Å²) in [6, 6.07) is 0. The quantitative estimate of drug-likeness (QED) is 0.668. The van der Waals surface area contributed by atoms with Gasteiger partial charge in [0.2, 0.25) is 4.77 Å². The van der Waals surface area contributed by atoms with E-state index in [4.69, 9.17) is 12.2 Å². The third kappa shape index (κ3) is 1.97. The lowest BCUT2D eigenvalue weighted by molar-refractivity contribution is 0.251. The first-order chi connectivity index (χ1) is 6.25. The first-order valence-corrected chi connectivity index (χ1v) is 4.99. The van der Waals surface area contributed by atoms with Crippen molar-refractivity contribution in [3.05, 3.63) is 10.6 Å². The maximum absolute atomic E-state index is 4.92. The van der Waals surface area contributed by atoms with Gasteiger partial charge in [-0.1, -0.05) is 0 Å². The van der Waals surface area contributed by atoms with E-state index in [1.165, 1.54) is 12.8 Å². The highest BCUT2D eigenvalue weighted by atomic mass is 32.1. The molecule has 0 atom stereocenters. The van der Waals surface area contributed by atoms with E-state index in [9.17, 15) is 0 Å². The normalized spacial score (nSPS) is 20.7. The fourth-order valence-electron chi connectivity index (χ4n) is 1.76. The van der Waals surface area contributed by atoms with Gasteiger partial charge in [-0.05, 0) is 45.2 Å². The minimum atomic E-state index is 0.559. The van der Waals surface area contributed by atoms with Crippen molar-refractivity contribution in [1.82, 2.24) is 20.1 Å². The van der Waals surface area contributed by atoms with Crippen LogP contribution in [-0.2, 0) is 0 Å². The second kappa shape index (κ2) is 3.59. The molecular formula is C8H14N4S. The molecule has 0 radical (unpaired) electrons. The average molecular weight is 198 g/mol. The molecule has 5 heteroatoms. The minimum absolute atomic E-state index is 0.559. The average Bonchev–Trinajstić information content (AvgIpc) is 2.53. The second-order valence-electron chi connectivity index (χ2n) is 3.63. The van der Waals surface area contributed by atoms with Gasteiger partial charge < -0.3 is 4.90 Å². The van der Waals surface area contributed by atoms with E-state index in [1.54, 1.807) is 0 Å². The van der Waals surface area contributed by atoms with Crippen LogP contribution in [0.25, 0.3) is 0 Å². The van der Waals surface area contributed by atoms with Crippen molar-refractivity contribution >= 4 is 12.2 Å². The van der Waals surface area contributed by atoms with Crippen LogP contribution < -0.4 is 0 Å². The molecule has 1 aliphatic heterocycles. The topological polar surface area (TPSA) is 47.7 Å². The summed E-state index contributed by atoms with van der Waals surface area (Å²) in [5.74, 6) is 1.59. The molecule has 1 aromatic rings. The predicted octanol–water partition coefficient (Wildman–Crippen LogP) is 1.28. The van der Waals surface area contributed by atoms with E-state index >= 15 is 0 Å². The van der Waals surface area contributed by atoms with Crippen LogP contribution in [0.2, 0.25) is 0 Å². The van der Waals surface area contributed by atoms with E-state index in [0.29, 0.717) is 10.7 Å². The molecule has 0 aliphatic carbocycles. The van der Waals surface area contributed by atoms with Gasteiger partial charge in [0.05, 0.1) is 0 Å². The van der Waals surface area contributed by atoms with Crippen molar-refractivity contribution in [2.75, 3.05) is 20.1 Å². The maximum Gasteiger partial charge on any atom is 0.213 e. The van der Waals surface area contributed by atoms with Crippen molar-refractivity contribution in [2.45, 2.75) is 18.8 Å². The number of aromatic nitrogens is 3. The highest BCUT2D eigenvalue weighted by Gasteiger charge is 2.20. The van der Waals surface area contributed by atoms with Crippen LogP contribution in [-0.4, -0.2) is 40.2 Å². The van der Waals surface area contributed by atoms with Crippen LogP contribution in [0.4, 0.5) is 0 Å². The van der Waals surface area contributed by atoms with Crippen molar-refractivity contribution < 1.29 is 0 Å². The number of likely N-dealkylation sites (tertiary alicyclic amines) is 1. The van der Waals surface area contributed by atoms with E-state index in [1.807, 2.05) is 0 Å². The van der Waals surface area contributed by atoms with E-state index in [2.05, 4.69) is 27.1 Å². The SMILES string of the molecule is CN1CCC(c2nc(=S)[nH][nH]2)CC1. The first-order valence-electron chi connectivity index (χ1n) is 4.59. The molecule has 0 bridgehead atoms. The lowest BCUT2D eigenvalue weighted by Crippen LogP contribution is -2.29. The van der Waals surface area contributed by atoms with Crippen LogP contribution in [0.15, 0.2) is 0 Å². The van der Waals surface area contributed by atoms with Crippen molar-refractivity contribution in [3.63, 3.8) is 0 Å². The molecule has 2 N–H and O–H groups in total. The van der Waals surface area contributed by atoms with Gasteiger partial charge in [-0.15, -0.1) is 0 Å². The molecule has 0 aromatic carbocycles. The Bertz CT molecular complexity index is 321. The zero-order valence-corrected chi connectivity index (χ0v) is 8.52. The smallest absolute Gasteiger partial charge is 0.213 e. The molecule has 4 nitrogen and oxygen atoms in total. The number of piperidine rings is 1. The highest BCUT2D eigenvalue weighted by molar-refractivity contribution is 7.71. The number of aromatic amines is 2. The molecule has 0 spiro atoms. The summed E-state index contributed by atoms with van der Waals surface area (Å²) in [6.45, 7) is 2.30. The zero-order valence-electron chi connectivity index (χ0n) is 7.71. The van der Waals surface area contributed by atoms with E-state index in [-0.39, 0.29) is 0 Å². The van der Waals surface area contributed by atoms with Crippen molar-refractivity contribution in [3.8, 4) is 0 Å². The molecular weight excluding hydrogens is 184 g/mol. The summed E-state index contributed by atoms with van der Waals surface area (Å²) in [5.41, 5.74) is 0. The largest absolute Gasteiger partial charge is 0.306 e. The molecule has 0 unspecified atom stereocenters. The lowest BCUT2D eigenvalue weighted by atomic mass is 9.97. The maximum atomic E-state index is 4.92. The molecule has 13 heavy (non-hydrogen) atoms. The molecule has 2 heterocycles. The Hall–Kier alpha value is -0.680. The van der Waals surface area contributed by atoms with E-state index < -0.39 is 0 Å². The summed E-state index contributed by atoms with van der Waals surface area (Å²) in [4.78, 5) is 6.59. The number of hydrogen-bond acceptors (Lipinski definition) is 3. The molecule has 1 aromatic heterocycles. The van der Waals surface area contributed by atoms with Crippen LogP contribution in [0.1, 0.15) is 24.6 Å². The summed E-state index contributed by atoms with van der Waals surface area (Å²) in [5, 5.41) is 5.87. The predicted molar refractivity (Wildman–Crippen MR) is 53.2 cm³/mol. The van der Waals surface area contributed by atoms with Crippen molar-refractivity contribution in [1.29, 1.82) is 0 Å². The number of nitrogens with one attached hydrogen (secondary N) is 2. The lowest BCUT2D eigenvalue weighted by Gasteiger charge is -2.27. The van der Waals surface area contributed by atoms with E-state index in [0.717, 1.165) is 18.9 Å². The number of H-pyrrole nitrogens is 2. The molecule has 1 fully saturated rings. The van der Waals surface area contributed by atoms with Crippen LogP contribution in [0, 0.1) is 4.77 Å². The molecule has 1 aliphatic rings. The summed E-state index contributed by atoms with van der Waals surface area (Å²) >= 11 is 4.92. The second-order valence-corrected chi connectivity index (χ2v) is 4.02. The third-order valence-electron chi connectivity index (χ3n) is 2.62. The van der Waals surface area contributed by atoms with Crippen LogP contribution in [0.3, 0.4) is 0 Å². The Labute approximate surface area is 82.4 Å². The molecule has 72 valence electrons. The van der Waals surface area contributed by atoms with Gasteiger partial charge in [-0.3, -0.25) is 10.2 Å². The Kier molecular flexibility index (Phi) is 2.46. The third-order valence-corrected chi connectivity index (χ3v) is 2.82. The fourth-order valence-corrected chi connectivity index (χ4v) is 1.91. The number of rotatable bonds is 1.